The van der Waals surface area contributed by atoms with Gasteiger partial charge in [-0.1, -0.05) is 24.3 Å². The molecule has 8 heteroatoms. The third kappa shape index (κ3) is 3.61. The minimum absolute atomic E-state index is 0.193. The number of carbonyl (C=O) groups is 3. The van der Waals surface area contributed by atoms with Crippen LogP contribution in [0.4, 0.5) is 5.69 Å². The van der Waals surface area contributed by atoms with E-state index in [1.807, 2.05) is 39.0 Å². The topological polar surface area (TPSA) is 96.4 Å². The van der Waals surface area contributed by atoms with E-state index in [1.54, 1.807) is 24.8 Å². The highest BCUT2D eigenvalue weighted by Crippen LogP contribution is 2.63. The Kier molecular flexibility index (Phi) is 6.57. The van der Waals surface area contributed by atoms with Crippen LogP contribution < -0.4 is 4.90 Å². The zero-order chi connectivity index (χ0) is 25.7. The molecule has 3 saturated heterocycles. The fourth-order valence-corrected chi connectivity index (χ4v) is 6.59. The third-order valence-corrected chi connectivity index (χ3v) is 8.02. The standard InChI is InChI=1S/C27H36N2O6/c1-7-14-28(21-16(3)10-9-11-17(21)4)24(32)22-27-13-12-26(6,35-27)20(25(33)34-8-2)19(27)23(31)29(22)18(5)15-30/h7,9-11,18-20,22,30H,1,8,12-15H2,2-6H3/t18-,19+,20-,22?,26+,27?/m1/s1. The van der Waals surface area contributed by atoms with E-state index in [2.05, 4.69) is 6.58 Å². The molecule has 4 rings (SSSR count). The van der Waals surface area contributed by atoms with E-state index in [0.717, 1.165) is 16.8 Å². The summed E-state index contributed by atoms with van der Waals surface area (Å²) in [7, 11) is 0. The zero-order valence-corrected chi connectivity index (χ0v) is 21.2. The molecule has 1 N–H and O–H groups in total. The van der Waals surface area contributed by atoms with Crippen molar-refractivity contribution in [3.63, 3.8) is 0 Å². The Morgan fingerprint density at radius 3 is 2.57 bits per heavy atom. The summed E-state index contributed by atoms with van der Waals surface area (Å²) in [4.78, 5) is 44.6. The summed E-state index contributed by atoms with van der Waals surface area (Å²) >= 11 is 0. The molecule has 1 aromatic carbocycles. The highest BCUT2D eigenvalue weighted by atomic mass is 16.6. The lowest BCUT2D eigenvalue weighted by molar-refractivity contribution is -0.160. The average molecular weight is 485 g/mol. The largest absolute Gasteiger partial charge is 0.466 e. The van der Waals surface area contributed by atoms with E-state index in [9.17, 15) is 19.5 Å². The number of nitrogens with zero attached hydrogens (tertiary/aromatic N) is 2. The third-order valence-electron chi connectivity index (χ3n) is 8.02. The van der Waals surface area contributed by atoms with E-state index >= 15 is 0 Å². The molecular formula is C27H36N2O6. The van der Waals surface area contributed by atoms with Crippen LogP contribution in [0.3, 0.4) is 0 Å². The number of fused-ring (bicyclic) bond motifs is 1. The molecule has 1 aromatic rings. The minimum Gasteiger partial charge on any atom is -0.466 e. The number of carbonyl (C=O) groups excluding carboxylic acids is 3. The van der Waals surface area contributed by atoms with Crippen LogP contribution in [0.5, 0.6) is 0 Å². The first-order valence-corrected chi connectivity index (χ1v) is 12.4. The molecule has 0 aliphatic carbocycles. The Morgan fingerprint density at radius 1 is 1.34 bits per heavy atom. The summed E-state index contributed by atoms with van der Waals surface area (Å²) in [6.07, 6.45) is 2.66. The van der Waals surface area contributed by atoms with Crippen molar-refractivity contribution in [3.05, 3.63) is 42.0 Å². The summed E-state index contributed by atoms with van der Waals surface area (Å²) in [5, 5.41) is 10.0. The number of aliphatic hydroxyl groups is 1. The van der Waals surface area contributed by atoms with Gasteiger partial charge in [0.05, 0.1) is 30.8 Å². The molecule has 190 valence electrons. The maximum absolute atomic E-state index is 14.5. The molecule has 0 radical (unpaired) electrons. The smallest absolute Gasteiger partial charge is 0.312 e. The van der Waals surface area contributed by atoms with Gasteiger partial charge in [-0.25, -0.2) is 0 Å². The van der Waals surface area contributed by atoms with Crippen molar-refractivity contribution in [2.75, 3.05) is 24.7 Å². The van der Waals surface area contributed by atoms with Crippen molar-refractivity contribution < 1.29 is 29.0 Å². The van der Waals surface area contributed by atoms with E-state index in [0.29, 0.717) is 12.8 Å². The Bertz CT molecular complexity index is 1040. The summed E-state index contributed by atoms with van der Waals surface area (Å²) in [6.45, 7) is 13.1. The van der Waals surface area contributed by atoms with Gasteiger partial charge in [-0.2, -0.15) is 0 Å². The molecule has 6 atom stereocenters. The summed E-state index contributed by atoms with van der Waals surface area (Å²) in [5.41, 5.74) is 0.560. The van der Waals surface area contributed by atoms with Gasteiger partial charge in [-0.3, -0.25) is 14.4 Å². The van der Waals surface area contributed by atoms with Crippen LogP contribution in [0.15, 0.2) is 30.9 Å². The van der Waals surface area contributed by atoms with Gasteiger partial charge in [-0.15, -0.1) is 6.58 Å². The number of rotatable bonds is 8. The molecular weight excluding hydrogens is 448 g/mol. The predicted molar refractivity (Wildman–Crippen MR) is 131 cm³/mol. The van der Waals surface area contributed by atoms with Crippen molar-refractivity contribution >= 4 is 23.5 Å². The monoisotopic (exact) mass is 484 g/mol. The first kappa shape index (κ1) is 25.4. The van der Waals surface area contributed by atoms with Gasteiger partial charge < -0.3 is 24.4 Å². The molecule has 3 heterocycles. The van der Waals surface area contributed by atoms with Crippen molar-refractivity contribution in [2.24, 2.45) is 11.8 Å². The number of ether oxygens (including phenoxy) is 2. The number of anilines is 1. The van der Waals surface area contributed by atoms with Crippen LogP contribution in [-0.2, 0) is 23.9 Å². The normalized spacial score (nSPS) is 31.9. The quantitative estimate of drug-likeness (QED) is 0.450. The SMILES string of the molecule is C=CCN(C(=O)C1N([C@H](C)CO)C(=O)[C@@H]2[C@H](C(=O)OCC)[C@]3(C)CCC12O3)c1c(C)cccc1C. The molecule has 2 bridgehead atoms. The van der Waals surface area contributed by atoms with Crippen LogP contribution in [0.1, 0.15) is 44.7 Å². The number of para-hydroxylation sites is 1. The summed E-state index contributed by atoms with van der Waals surface area (Å²) in [6, 6.07) is 4.21. The zero-order valence-electron chi connectivity index (χ0n) is 21.2. The Morgan fingerprint density at radius 2 is 2.00 bits per heavy atom. The van der Waals surface area contributed by atoms with Crippen LogP contribution >= 0.6 is 0 Å². The lowest BCUT2D eigenvalue weighted by atomic mass is 9.66. The first-order valence-electron chi connectivity index (χ1n) is 12.4. The molecule has 3 aliphatic rings. The number of hydrogen-bond donors (Lipinski definition) is 1. The fourth-order valence-electron chi connectivity index (χ4n) is 6.59. The summed E-state index contributed by atoms with van der Waals surface area (Å²) in [5.74, 6) is -2.76. The van der Waals surface area contributed by atoms with Gasteiger partial charge in [-0.05, 0) is 58.6 Å². The molecule has 3 aliphatic heterocycles. The Labute approximate surface area is 206 Å². The number of hydrogen-bond acceptors (Lipinski definition) is 6. The maximum Gasteiger partial charge on any atom is 0.312 e. The van der Waals surface area contributed by atoms with E-state index < -0.39 is 41.1 Å². The predicted octanol–water partition coefficient (Wildman–Crippen LogP) is 2.53. The highest BCUT2D eigenvalue weighted by molar-refractivity contribution is 6.05. The van der Waals surface area contributed by atoms with Crippen molar-refractivity contribution in [1.29, 1.82) is 0 Å². The lowest BCUT2D eigenvalue weighted by Gasteiger charge is -2.39. The molecule has 0 aromatic heterocycles. The van der Waals surface area contributed by atoms with Crippen molar-refractivity contribution in [3.8, 4) is 0 Å². The van der Waals surface area contributed by atoms with Crippen LogP contribution in [0.2, 0.25) is 0 Å². The highest BCUT2D eigenvalue weighted by Gasteiger charge is 2.79. The molecule has 2 amide bonds. The first-order chi connectivity index (χ1) is 16.6. The summed E-state index contributed by atoms with van der Waals surface area (Å²) < 4.78 is 11.9. The molecule has 2 unspecified atom stereocenters. The van der Waals surface area contributed by atoms with Gasteiger partial charge in [0.25, 0.3) is 5.91 Å². The van der Waals surface area contributed by atoms with E-state index in [1.165, 1.54) is 4.90 Å². The molecule has 3 fully saturated rings. The van der Waals surface area contributed by atoms with Gasteiger partial charge in [0.15, 0.2) is 0 Å². The van der Waals surface area contributed by atoms with Crippen molar-refractivity contribution in [1.82, 2.24) is 4.90 Å². The van der Waals surface area contributed by atoms with Crippen LogP contribution in [0.25, 0.3) is 0 Å². The van der Waals surface area contributed by atoms with Crippen molar-refractivity contribution in [2.45, 2.75) is 70.7 Å². The van der Waals surface area contributed by atoms with Crippen LogP contribution in [-0.4, -0.2) is 70.8 Å². The second-order valence-corrected chi connectivity index (χ2v) is 10.2. The number of aliphatic hydroxyl groups excluding tert-OH is 1. The molecule has 0 saturated carbocycles. The molecule has 35 heavy (non-hydrogen) atoms. The minimum atomic E-state index is -1.17. The molecule has 8 nitrogen and oxygen atoms in total. The van der Waals surface area contributed by atoms with Gasteiger partial charge >= 0.3 is 5.97 Å². The number of aryl methyl sites for hydroxylation is 2. The second kappa shape index (κ2) is 9.06. The lowest BCUT2D eigenvalue weighted by Crippen LogP contribution is -2.58. The molecule has 1 spiro atoms. The fraction of sp³-hybridized carbons (Fsp3) is 0.593. The van der Waals surface area contributed by atoms with E-state index in [-0.39, 0.29) is 31.6 Å². The van der Waals surface area contributed by atoms with Gasteiger partial charge in [0.2, 0.25) is 5.91 Å². The van der Waals surface area contributed by atoms with E-state index in [4.69, 9.17) is 9.47 Å². The van der Waals surface area contributed by atoms with Crippen LogP contribution in [0, 0.1) is 25.7 Å². The average Bonchev–Trinajstić information content (AvgIpc) is 3.38. The van der Waals surface area contributed by atoms with Gasteiger partial charge in [0, 0.05) is 12.2 Å². The van der Waals surface area contributed by atoms with Gasteiger partial charge in [0.1, 0.15) is 17.6 Å². The Hall–Kier alpha value is -2.71. The number of likely N-dealkylation sites (tertiary alicyclic amines) is 1. The second-order valence-electron chi connectivity index (χ2n) is 10.2. The number of benzene rings is 1. The maximum atomic E-state index is 14.5. The number of esters is 1. The number of amides is 2. The Balaban J connectivity index is 1.86.